The Morgan fingerprint density at radius 2 is 2.00 bits per heavy atom. The van der Waals surface area contributed by atoms with Crippen LogP contribution >= 0.6 is 0 Å². The summed E-state index contributed by atoms with van der Waals surface area (Å²) in [4.78, 5) is 39.0. The Morgan fingerprint density at radius 1 is 1.19 bits per heavy atom. The molecule has 8 heteroatoms. The molecule has 0 saturated carbocycles. The van der Waals surface area contributed by atoms with Gasteiger partial charge in [-0.1, -0.05) is 12.2 Å². The minimum Gasteiger partial charge on any atom is -0.463 e. The molecule has 31 heavy (non-hydrogen) atoms. The molecule has 1 saturated heterocycles. The molecule has 8 nitrogen and oxygen atoms in total. The lowest BCUT2D eigenvalue weighted by atomic mass is 9.98. The molecule has 2 N–H and O–H groups in total. The summed E-state index contributed by atoms with van der Waals surface area (Å²) >= 11 is 0. The highest BCUT2D eigenvalue weighted by Crippen LogP contribution is 2.23. The second-order valence-corrected chi connectivity index (χ2v) is 7.66. The number of likely N-dealkylation sites (tertiary alicyclic amines) is 1. The van der Waals surface area contributed by atoms with E-state index in [4.69, 9.17) is 14.6 Å². The number of allylic oxidation sites excluding steroid dienone is 2. The summed E-state index contributed by atoms with van der Waals surface area (Å²) < 4.78 is 10.5. The second-order valence-electron chi connectivity index (χ2n) is 7.66. The van der Waals surface area contributed by atoms with Crippen LogP contribution in [-0.2, 0) is 23.9 Å². The largest absolute Gasteiger partial charge is 0.463 e. The molecule has 1 heterocycles. The summed E-state index contributed by atoms with van der Waals surface area (Å²) in [5.74, 6) is -1.06. The second kappa shape index (κ2) is 16.5. The number of carbonyl (C=O) groups is 3. The van der Waals surface area contributed by atoms with Crippen LogP contribution in [0.2, 0.25) is 0 Å². The number of hydrogen-bond donors (Lipinski definition) is 2. The maximum atomic E-state index is 13.1. The van der Waals surface area contributed by atoms with Crippen LogP contribution in [0.4, 0.5) is 0 Å². The highest BCUT2D eigenvalue weighted by Gasteiger charge is 2.34. The van der Waals surface area contributed by atoms with E-state index in [0.29, 0.717) is 32.5 Å². The number of aliphatic hydroxyl groups is 1. The first-order chi connectivity index (χ1) is 15.0. The van der Waals surface area contributed by atoms with Crippen LogP contribution in [0.25, 0.3) is 0 Å². The number of esters is 1. The van der Waals surface area contributed by atoms with Crippen LogP contribution in [0.15, 0.2) is 25.3 Å². The van der Waals surface area contributed by atoms with E-state index >= 15 is 0 Å². The minimum absolute atomic E-state index is 0.0640. The molecule has 2 atom stereocenters. The number of carbonyl (C=O) groups excluding carboxylic acids is 3. The number of hydrogen-bond acceptors (Lipinski definition) is 6. The number of rotatable bonds is 17. The van der Waals surface area contributed by atoms with E-state index in [2.05, 4.69) is 18.5 Å². The molecule has 1 aliphatic rings. The first kappa shape index (κ1) is 26.8. The Bertz CT molecular complexity index is 580. The number of unbranched alkanes of at least 4 members (excludes halogenated alkanes) is 2. The van der Waals surface area contributed by atoms with Gasteiger partial charge < -0.3 is 24.8 Å². The quantitative estimate of drug-likeness (QED) is 0.204. The minimum atomic E-state index is -0.494. The zero-order valence-electron chi connectivity index (χ0n) is 18.6. The van der Waals surface area contributed by atoms with Crippen molar-refractivity contribution in [1.29, 1.82) is 0 Å². The van der Waals surface area contributed by atoms with E-state index in [9.17, 15) is 14.4 Å². The van der Waals surface area contributed by atoms with Gasteiger partial charge in [-0.25, -0.2) is 0 Å². The summed E-state index contributed by atoms with van der Waals surface area (Å²) in [7, 11) is 0. The maximum absolute atomic E-state index is 13.1. The first-order valence-corrected chi connectivity index (χ1v) is 11.2. The van der Waals surface area contributed by atoms with Crippen LogP contribution in [-0.4, -0.2) is 73.3 Å². The molecule has 2 unspecified atom stereocenters. The predicted molar refractivity (Wildman–Crippen MR) is 118 cm³/mol. The lowest BCUT2D eigenvalue weighted by molar-refractivity contribution is -0.148. The van der Waals surface area contributed by atoms with E-state index in [-0.39, 0.29) is 50.1 Å². The molecule has 0 aromatic rings. The molecular formula is C23H38N2O6. The zero-order chi connectivity index (χ0) is 22.9. The van der Waals surface area contributed by atoms with Crippen molar-refractivity contribution in [2.75, 3.05) is 39.5 Å². The van der Waals surface area contributed by atoms with Gasteiger partial charge in [-0.15, -0.1) is 13.2 Å². The average Bonchev–Trinajstić information content (AvgIpc) is 3.23. The topological polar surface area (TPSA) is 105 Å². The van der Waals surface area contributed by atoms with Gasteiger partial charge in [0.2, 0.25) is 11.8 Å². The molecule has 1 aliphatic heterocycles. The van der Waals surface area contributed by atoms with Crippen LogP contribution in [0.3, 0.4) is 0 Å². The van der Waals surface area contributed by atoms with Crippen LogP contribution < -0.4 is 5.32 Å². The third-order valence-electron chi connectivity index (χ3n) is 5.17. The standard InChI is InChI=1S/C23H38N2O6/c1-3-5-6-7-11-22(28)31-18-20-10-8-13-25(20)23(29)19(9-4-2)17-21(27)24-12-15-30-16-14-26/h3-4,19-20,26H,1-2,5-18H2,(H,24,27). The Hall–Kier alpha value is -2.19. The van der Waals surface area contributed by atoms with E-state index in [1.807, 2.05) is 6.08 Å². The zero-order valence-corrected chi connectivity index (χ0v) is 18.6. The van der Waals surface area contributed by atoms with Crippen LogP contribution in [0.1, 0.15) is 51.4 Å². The number of aliphatic hydroxyl groups excluding tert-OH is 1. The highest BCUT2D eigenvalue weighted by atomic mass is 16.5. The Morgan fingerprint density at radius 3 is 2.71 bits per heavy atom. The predicted octanol–water partition coefficient (Wildman–Crippen LogP) is 1.97. The van der Waals surface area contributed by atoms with E-state index in [1.54, 1.807) is 11.0 Å². The number of amides is 2. The normalized spacial score (nSPS) is 16.5. The van der Waals surface area contributed by atoms with E-state index in [0.717, 1.165) is 32.1 Å². The van der Waals surface area contributed by atoms with Gasteiger partial charge in [0, 0.05) is 25.9 Å². The molecule has 0 aromatic carbocycles. The summed E-state index contributed by atoms with van der Waals surface area (Å²) in [5.41, 5.74) is 0. The number of nitrogens with one attached hydrogen (secondary N) is 1. The van der Waals surface area contributed by atoms with Gasteiger partial charge in [0.1, 0.15) is 6.61 Å². The molecule has 0 bridgehead atoms. The third-order valence-corrected chi connectivity index (χ3v) is 5.17. The molecular weight excluding hydrogens is 400 g/mol. The number of ether oxygens (including phenoxy) is 2. The Labute approximate surface area is 185 Å². The van der Waals surface area contributed by atoms with Crippen molar-refractivity contribution in [2.24, 2.45) is 5.92 Å². The maximum Gasteiger partial charge on any atom is 0.305 e. The van der Waals surface area contributed by atoms with E-state index < -0.39 is 5.92 Å². The molecule has 0 radical (unpaired) electrons. The van der Waals surface area contributed by atoms with Crippen molar-refractivity contribution in [3.8, 4) is 0 Å². The van der Waals surface area contributed by atoms with Gasteiger partial charge in [0.15, 0.2) is 0 Å². The van der Waals surface area contributed by atoms with Crippen molar-refractivity contribution in [2.45, 2.75) is 57.4 Å². The van der Waals surface area contributed by atoms with Crippen LogP contribution in [0.5, 0.6) is 0 Å². The van der Waals surface area contributed by atoms with Crippen LogP contribution in [0, 0.1) is 5.92 Å². The van der Waals surface area contributed by atoms with Gasteiger partial charge in [-0.3, -0.25) is 14.4 Å². The Kier molecular flexibility index (Phi) is 14.3. The summed E-state index contributed by atoms with van der Waals surface area (Å²) in [6.45, 7) is 8.96. The van der Waals surface area contributed by atoms with Crippen molar-refractivity contribution < 1.29 is 29.0 Å². The van der Waals surface area contributed by atoms with Gasteiger partial charge in [-0.2, -0.15) is 0 Å². The molecule has 1 rings (SSSR count). The lowest BCUT2D eigenvalue weighted by Gasteiger charge is -2.28. The smallest absolute Gasteiger partial charge is 0.305 e. The van der Waals surface area contributed by atoms with Gasteiger partial charge in [0.05, 0.1) is 31.8 Å². The average molecular weight is 439 g/mol. The highest BCUT2D eigenvalue weighted by molar-refractivity contribution is 5.86. The monoisotopic (exact) mass is 438 g/mol. The molecule has 0 aliphatic carbocycles. The summed E-state index contributed by atoms with van der Waals surface area (Å²) in [5, 5.41) is 11.4. The Balaban J connectivity index is 2.48. The lowest BCUT2D eigenvalue weighted by Crippen LogP contribution is -2.43. The third kappa shape index (κ3) is 11.1. The molecule has 1 fully saturated rings. The summed E-state index contributed by atoms with van der Waals surface area (Å²) in [6, 6.07) is -0.146. The molecule has 0 aromatic heterocycles. The van der Waals surface area contributed by atoms with Crippen molar-refractivity contribution in [3.05, 3.63) is 25.3 Å². The molecule has 2 amide bonds. The summed E-state index contributed by atoms with van der Waals surface area (Å²) in [6.07, 6.45) is 8.50. The fraction of sp³-hybridized carbons (Fsp3) is 0.696. The fourth-order valence-electron chi connectivity index (χ4n) is 3.55. The van der Waals surface area contributed by atoms with Crippen molar-refractivity contribution in [3.63, 3.8) is 0 Å². The molecule has 0 spiro atoms. The van der Waals surface area contributed by atoms with E-state index in [1.165, 1.54) is 0 Å². The van der Waals surface area contributed by atoms with Gasteiger partial charge in [-0.05, 0) is 38.5 Å². The van der Waals surface area contributed by atoms with Gasteiger partial charge >= 0.3 is 5.97 Å². The molecule has 176 valence electrons. The van der Waals surface area contributed by atoms with Crippen molar-refractivity contribution in [1.82, 2.24) is 10.2 Å². The number of nitrogens with zero attached hydrogens (tertiary/aromatic N) is 1. The van der Waals surface area contributed by atoms with Crippen molar-refractivity contribution >= 4 is 17.8 Å². The SMILES string of the molecule is C=CCCCCC(=O)OCC1CCCN1C(=O)C(CC=C)CC(=O)NCCOCCO. The fourth-order valence-corrected chi connectivity index (χ4v) is 3.55. The first-order valence-electron chi connectivity index (χ1n) is 11.2. The van der Waals surface area contributed by atoms with Gasteiger partial charge in [0.25, 0.3) is 0 Å².